The number of esters is 1. The number of nitrogens with zero attached hydrogens (tertiary/aromatic N) is 4. The quantitative estimate of drug-likeness (QED) is 0.726. The summed E-state index contributed by atoms with van der Waals surface area (Å²) in [4.78, 5) is 16.2. The van der Waals surface area contributed by atoms with Gasteiger partial charge in [-0.25, -0.2) is 4.79 Å². The Hall–Kier alpha value is -1.41. The first-order valence-electron chi connectivity index (χ1n) is 7.28. The molecule has 0 aliphatic carbocycles. The minimum atomic E-state index is -0.676. The summed E-state index contributed by atoms with van der Waals surface area (Å²) in [6.07, 6.45) is -0.676. The lowest BCUT2D eigenvalue weighted by molar-refractivity contribution is -0.150. The lowest BCUT2D eigenvalue weighted by Crippen LogP contribution is -2.46. The number of carbonyl (C=O) groups excluding carboxylic acids is 1. The molecule has 0 saturated carbocycles. The van der Waals surface area contributed by atoms with Crippen LogP contribution < -0.4 is 9.64 Å². The SMILES string of the molecule is CCOC(=O)C(C)Oc1nsnc1N1CCN(CC)CC1. The second-order valence-corrected chi connectivity index (χ2v) is 5.35. The largest absolute Gasteiger partial charge is 0.463 e. The first-order valence-corrected chi connectivity index (χ1v) is 8.01. The van der Waals surface area contributed by atoms with E-state index >= 15 is 0 Å². The Bertz CT molecular complexity index is 460. The molecule has 1 aliphatic rings. The van der Waals surface area contributed by atoms with Crippen LogP contribution in [0.15, 0.2) is 0 Å². The Morgan fingerprint density at radius 3 is 2.62 bits per heavy atom. The predicted octanol–water partition coefficient (Wildman–Crippen LogP) is 1.01. The van der Waals surface area contributed by atoms with Crippen molar-refractivity contribution in [2.45, 2.75) is 26.9 Å². The minimum Gasteiger partial charge on any atom is -0.463 e. The Morgan fingerprint density at radius 1 is 1.29 bits per heavy atom. The summed E-state index contributed by atoms with van der Waals surface area (Å²) in [6, 6.07) is 0. The normalized spacial score (nSPS) is 17.6. The van der Waals surface area contributed by atoms with Crippen molar-refractivity contribution in [3.8, 4) is 5.88 Å². The van der Waals surface area contributed by atoms with Gasteiger partial charge in [0.25, 0.3) is 5.88 Å². The Morgan fingerprint density at radius 2 is 2.00 bits per heavy atom. The molecule has 0 N–H and O–H groups in total. The van der Waals surface area contributed by atoms with Crippen LogP contribution in [0.4, 0.5) is 5.82 Å². The number of rotatable bonds is 6. The summed E-state index contributed by atoms with van der Waals surface area (Å²) in [5.41, 5.74) is 0. The smallest absolute Gasteiger partial charge is 0.347 e. The number of ether oxygens (including phenoxy) is 2. The highest BCUT2D eigenvalue weighted by atomic mass is 32.1. The third-order valence-electron chi connectivity index (χ3n) is 3.47. The number of hydrogen-bond donors (Lipinski definition) is 0. The van der Waals surface area contributed by atoms with Gasteiger partial charge in [0.2, 0.25) is 5.82 Å². The van der Waals surface area contributed by atoms with E-state index in [4.69, 9.17) is 9.47 Å². The van der Waals surface area contributed by atoms with E-state index in [1.54, 1.807) is 13.8 Å². The van der Waals surface area contributed by atoms with Crippen LogP contribution in [0.2, 0.25) is 0 Å². The van der Waals surface area contributed by atoms with Gasteiger partial charge in [-0.2, -0.15) is 4.37 Å². The molecule has 1 atom stereocenters. The highest BCUT2D eigenvalue weighted by molar-refractivity contribution is 6.99. The summed E-state index contributed by atoms with van der Waals surface area (Å²) in [7, 11) is 0. The van der Waals surface area contributed by atoms with Gasteiger partial charge in [-0.1, -0.05) is 6.92 Å². The highest BCUT2D eigenvalue weighted by Crippen LogP contribution is 2.27. The van der Waals surface area contributed by atoms with Gasteiger partial charge in [-0.3, -0.25) is 0 Å². The fourth-order valence-corrected chi connectivity index (χ4v) is 2.70. The van der Waals surface area contributed by atoms with Gasteiger partial charge in [0, 0.05) is 26.2 Å². The first-order chi connectivity index (χ1) is 10.2. The molecule has 1 saturated heterocycles. The van der Waals surface area contributed by atoms with E-state index in [1.165, 1.54) is 0 Å². The standard InChI is InChI=1S/C13H22N4O3S/c1-4-16-6-8-17(9-7-16)11-12(15-21-14-11)20-10(3)13(18)19-5-2/h10H,4-9H2,1-3H3. The van der Waals surface area contributed by atoms with E-state index < -0.39 is 6.10 Å². The lowest BCUT2D eigenvalue weighted by Gasteiger charge is -2.34. The molecule has 118 valence electrons. The molecular formula is C13H22N4O3S. The molecule has 1 aromatic heterocycles. The molecule has 0 spiro atoms. The summed E-state index contributed by atoms with van der Waals surface area (Å²) in [5.74, 6) is 0.768. The number of aromatic nitrogens is 2. The van der Waals surface area contributed by atoms with E-state index in [1.807, 2.05) is 0 Å². The van der Waals surface area contributed by atoms with E-state index in [0.717, 1.165) is 50.3 Å². The first kappa shape index (κ1) is 16.0. The molecule has 1 unspecified atom stereocenters. The molecule has 8 heteroatoms. The zero-order valence-electron chi connectivity index (χ0n) is 12.7. The lowest BCUT2D eigenvalue weighted by atomic mass is 10.3. The summed E-state index contributed by atoms with van der Waals surface area (Å²) < 4.78 is 19.0. The Labute approximate surface area is 129 Å². The van der Waals surface area contributed by atoms with Gasteiger partial charge in [-0.15, -0.1) is 4.37 Å². The topological polar surface area (TPSA) is 67.8 Å². The zero-order valence-corrected chi connectivity index (χ0v) is 13.6. The zero-order chi connectivity index (χ0) is 15.2. The molecule has 0 bridgehead atoms. The third-order valence-corrected chi connectivity index (χ3v) is 3.97. The van der Waals surface area contributed by atoms with Gasteiger partial charge in [-0.05, 0) is 20.4 Å². The maximum Gasteiger partial charge on any atom is 0.347 e. The molecule has 1 fully saturated rings. The van der Waals surface area contributed by atoms with Crippen molar-refractivity contribution in [1.29, 1.82) is 0 Å². The van der Waals surface area contributed by atoms with Gasteiger partial charge >= 0.3 is 5.97 Å². The van der Waals surface area contributed by atoms with Crippen molar-refractivity contribution in [3.63, 3.8) is 0 Å². The molecular weight excluding hydrogens is 292 g/mol. The van der Waals surface area contributed by atoms with Crippen LogP contribution in [0, 0.1) is 0 Å². The molecule has 2 rings (SSSR count). The van der Waals surface area contributed by atoms with Crippen molar-refractivity contribution < 1.29 is 14.3 Å². The van der Waals surface area contributed by atoms with Crippen LogP contribution in [0.3, 0.4) is 0 Å². The molecule has 0 aromatic carbocycles. The second-order valence-electron chi connectivity index (χ2n) is 4.83. The number of likely N-dealkylation sites (N-methyl/N-ethyl adjacent to an activating group) is 1. The van der Waals surface area contributed by atoms with Gasteiger partial charge in [0.05, 0.1) is 18.3 Å². The van der Waals surface area contributed by atoms with Gasteiger partial charge in [0.1, 0.15) is 0 Å². The molecule has 1 aliphatic heterocycles. The summed E-state index contributed by atoms with van der Waals surface area (Å²) in [6.45, 7) is 10.8. The highest BCUT2D eigenvalue weighted by Gasteiger charge is 2.25. The van der Waals surface area contributed by atoms with Gasteiger partial charge < -0.3 is 19.3 Å². The van der Waals surface area contributed by atoms with E-state index in [0.29, 0.717) is 12.5 Å². The third kappa shape index (κ3) is 4.04. The fourth-order valence-electron chi connectivity index (χ4n) is 2.19. The van der Waals surface area contributed by atoms with E-state index in [9.17, 15) is 4.79 Å². The molecule has 2 heterocycles. The molecule has 0 amide bonds. The van der Waals surface area contributed by atoms with Crippen LogP contribution in [0.25, 0.3) is 0 Å². The predicted molar refractivity (Wildman–Crippen MR) is 81.0 cm³/mol. The average Bonchev–Trinajstić information content (AvgIpc) is 2.95. The van der Waals surface area contributed by atoms with Crippen molar-refractivity contribution >= 4 is 23.5 Å². The van der Waals surface area contributed by atoms with Crippen LogP contribution in [-0.2, 0) is 9.53 Å². The fraction of sp³-hybridized carbons (Fsp3) is 0.769. The molecule has 1 aromatic rings. The van der Waals surface area contributed by atoms with Crippen LogP contribution in [0.5, 0.6) is 5.88 Å². The number of carbonyl (C=O) groups is 1. The van der Waals surface area contributed by atoms with Crippen molar-refractivity contribution in [2.24, 2.45) is 0 Å². The monoisotopic (exact) mass is 314 g/mol. The van der Waals surface area contributed by atoms with E-state index in [-0.39, 0.29) is 5.97 Å². The summed E-state index contributed by atoms with van der Waals surface area (Å²) in [5, 5.41) is 0. The van der Waals surface area contributed by atoms with Crippen molar-refractivity contribution in [1.82, 2.24) is 13.6 Å². The van der Waals surface area contributed by atoms with Crippen molar-refractivity contribution in [3.05, 3.63) is 0 Å². The maximum absolute atomic E-state index is 11.6. The number of hydrogen-bond acceptors (Lipinski definition) is 8. The van der Waals surface area contributed by atoms with Crippen molar-refractivity contribution in [2.75, 3.05) is 44.2 Å². The van der Waals surface area contributed by atoms with Crippen LogP contribution in [0.1, 0.15) is 20.8 Å². The van der Waals surface area contributed by atoms with Gasteiger partial charge in [0.15, 0.2) is 6.10 Å². The van der Waals surface area contributed by atoms with Crippen LogP contribution >= 0.6 is 11.7 Å². The molecule has 7 nitrogen and oxygen atoms in total. The van der Waals surface area contributed by atoms with E-state index in [2.05, 4.69) is 25.5 Å². The maximum atomic E-state index is 11.6. The number of piperazine rings is 1. The average molecular weight is 314 g/mol. The minimum absolute atomic E-state index is 0.341. The Balaban J connectivity index is 1.97. The second kappa shape index (κ2) is 7.56. The van der Waals surface area contributed by atoms with Crippen LogP contribution in [-0.4, -0.2) is 65.1 Å². The Kier molecular flexibility index (Phi) is 5.75. The molecule has 0 radical (unpaired) electrons. The number of anilines is 1. The summed E-state index contributed by atoms with van der Waals surface area (Å²) >= 11 is 1.10. The molecule has 21 heavy (non-hydrogen) atoms.